The molecule has 0 bridgehead atoms. The quantitative estimate of drug-likeness (QED) is 0.545. The molecule has 36 heavy (non-hydrogen) atoms. The van der Waals surface area contributed by atoms with Gasteiger partial charge in [-0.1, -0.05) is 12.1 Å². The lowest BCUT2D eigenvalue weighted by atomic mass is 10.1. The van der Waals surface area contributed by atoms with Crippen LogP contribution in [-0.2, 0) is 21.4 Å². The number of sulfonamides is 1. The maximum Gasteiger partial charge on any atom is 0.344 e. The number of aliphatic hydroxyl groups is 1. The summed E-state index contributed by atoms with van der Waals surface area (Å²) in [6.07, 6.45) is 2.49. The van der Waals surface area contributed by atoms with E-state index in [2.05, 4.69) is 44.7 Å². The summed E-state index contributed by atoms with van der Waals surface area (Å²) in [4.78, 5) is 32.6. The Hall–Kier alpha value is -3.16. The second-order valence-electron chi connectivity index (χ2n) is 9.22. The Morgan fingerprint density at radius 3 is 2.31 bits per heavy atom. The highest BCUT2D eigenvalue weighted by Crippen LogP contribution is 2.26. The van der Waals surface area contributed by atoms with Crippen molar-refractivity contribution in [1.29, 1.82) is 0 Å². The fourth-order valence-corrected chi connectivity index (χ4v) is 5.05. The van der Waals surface area contributed by atoms with Crippen LogP contribution in [-0.4, -0.2) is 115 Å². The van der Waals surface area contributed by atoms with Gasteiger partial charge in [-0.3, -0.25) is 14.4 Å². The molecule has 4 rings (SSSR count). The van der Waals surface area contributed by atoms with Crippen molar-refractivity contribution in [2.45, 2.75) is 13.5 Å². The summed E-state index contributed by atoms with van der Waals surface area (Å²) in [5.41, 5.74) is 3.53. The van der Waals surface area contributed by atoms with E-state index in [9.17, 15) is 18.0 Å². The minimum Gasteiger partial charge on any atom is -0.387 e. The Morgan fingerprint density at radius 1 is 1.00 bits per heavy atom. The molecule has 2 N–H and O–H groups in total. The van der Waals surface area contributed by atoms with E-state index in [1.807, 2.05) is 0 Å². The van der Waals surface area contributed by atoms with Crippen molar-refractivity contribution in [3.63, 3.8) is 0 Å². The van der Waals surface area contributed by atoms with Crippen LogP contribution in [0.1, 0.15) is 11.1 Å². The van der Waals surface area contributed by atoms with E-state index in [1.165, 1.54) is 23.4 Å². The number of aryl methyl sites for hydroxylation is 1. The van der Waals surface area contributed by atoms with Gasteiger partial charge >= 0.3 is 6.03 Å². The van der Waals surface area contributed by atoms with Crippen LogP contribution in [0.25, 0.3) is 0 Å². The van der Waals surface area contributed by atoms with Gasteiger partial charge in [0.1, 0.15) is 6.61 Å². The third-order valence-electron chi connectivity index (χ3n) is 6.46. The number of hydrogen-bond acceptors (Lipinski definition) is 8. The lowest BCUT2D eigenvalue weighted by Crippen LogP contribution is -2.50. The van der Waals surface area contributed by atoms with Crippen LogP contribution < -0.4 is 9.62 Å². The molecular formula is C23H33N7O5S. The molecule has 0 saturated carbocycles. The van der Waals surface area contributed by atoms with Crippen molar-refractivity contribution in [1.82, 2.24) is 24.5 Å². The van der Waals surface area contributed by atoms with Crippen molar-refractivity contribution < 1.29 is 23.1 Å². The van der Waals surface area contributed by atoms with E-state index in [1.54, 1.807) is 9.80 Å². The molecule has 0 unspecified atom stereocenters. The number of hydrogen-bond donors (Lipinski definition) is 2. The standard InChI is InChI=1S/C23H33N7O5S/c1-18-3-4-19(20(15-18)27-11-13-28(14-12-27)22(32)17-31)16-26-7-9-29(10-8-26)23(33)30-6-5-21(24-30)25-36(2,34)35/h3-6,15,31H,7-14,16-17H2,1-2H3,(H,24,25). The van der Waals surface area contributed by atoms with Gasteiger partial charge in [-0.2, -0.15) is 4.68 Å². The van der Waals surface area contributed by atoms with Crippen LogP contribution in [0.15, 0.2) is 30.5 Å². The monoisotopic (exact) mass is 519 g/mol. The molecule has 2 aliphatic rings. The number of anilines is 2. The van der Waals surface area contributed by atoms with Crippen LogP contribution in [0.3, 0.4) is 0 Å². The van der Waals surface area contributed by atoms with Crippen molar-refractivity contribution in [3.05, 3.63) is 41.6 Å². The number of benzene rings is 1. The minimum absolute atomic E-state index is 0.109. The van der Waals surface area contributed by atoms with E-state index < -0.39 is 16.6 Å². The van der Waals surface area contributed by atoms with Crippen molar-refractivity contribution >= 4 is 33.5 Å². The predicted molar refractivity (Wildman–Crippen MR) is 135 cm³/mol. The maximum absolute atomic E-state index is 12.8. The number of amides is 2. The van der Waals surface area contributed by atoms with Crippen molar-refractivity contribution in [2.24, 2.45) is 0 Å². The fourth-order valence-electron chi connectivity index (χ4n) is 4.56. The summed E-state index contributed by atoms with van der Waals surface area (Å²) in [6, 6.07) is 7.59. The van der Waals surface area contributed by atoms with Crippen LogP contribution in [0.5, 0.6) is 0 Å². The SMILES string of the molecule is Cc1ccc(CN2CCN(C(=O)n3ccc(NS(C)(=O)=O)n3)CC2)c(N2CCN(C(=O)CO)CC2)c1. The van der Waals surface area contributed by atoms with E-state index in [-0.39, 0.29) is 17.8 Å². The fraction of sp³-hybridized carbons (Fsp3) is 0.522. The average Bonchev–Trinajstić information content (AvgIpc) is 3.31. The highest BCUT2D eigenvalue weighted by molar-refractivity contribution is 7.92. The molecule has 2 aliphatic heterocycles. The summed E-state index contributed by atoms with van der Waals surface area (Å²) in [5, 5.41) is 13.2. The molecule has 2 fully saturated rings. The average molecular weight is 520 g/mol. The Kier molecular flexibility index (Phi) is 7.81. The summed E-state index contributed by atoms with van der Waals surface area (Å²) < 4.78 is 26.2. The Labute approximate surface area is 211 Å². The van der Waals surface area contributed by atoms with Gasteiger partial charge in [0.2, 0.25) is 15.9 Å². The first-order chi connectivity index (χ1) is 17.1. The zero-order valence-electron chi connectivity index (χ0n) is 20.6. The van der Waals surface area contributed by atoms with Crippen LogP contribution >= 0.6 is 0 Å². The van der Waals surface area contributed by atoms with E-state index in [4.69, 9.17) is 5.11 Å². The van der Waals surface area contributed by atoms with Crippen molar-refractivity contribution in [3.8, 4) is 0 Å². The number of piperazine rings is 2. The molecule has 1 aromatic carbocycles. The highest BCUT2D eigenvalue weighted by Gasteiger charge is 2.26. The number of nitrogens with zero attached hydrogens (tertiary/aromatic N) is 6. The van der Waals surface area contributed by atoms with Crippen LogP contribution in [0.4, 0.5) is 16.3 Å². The molecule has 0 radical (unpaired) electrons. The zero-order valence-corrected chi connectivity index (χ0v) is 21.4. The molecular weight excluding hydrogens is 486 g/mol. The molecule has 2 amide bonds. The number of carbonyl (C=O) groups excluding carboxylic acids is 2. The molecule has 0 atom stereocenters. The third kappa shape index (κ3) is 6.33. The summed E-state index contributed by atoms with van der Waals surface area (Å²) in [6.45, 7) is 7.44. The second kappa shape index (κ2) is 10.8. The lowest BCUT2D eigenvalue weighted by Gasteiger charge is -2.38. The van der Waals surface area contributed by atoms with E-state index in [0.717, 1.165) is 23.2 Å². The summed E-state index contributed by atoms with van der Waals surface area (Å²) in [5.74, 6) is -0.123. The number of rotatable bonds is 6. The molecule has 13 heteroatoms. The van der Waals surface area contributed by atoms with Gasteiger partial charge in [0, 0.05) is 76.9 Å². The van der Waals surface area contributed by atoms with E-state index >= 15 is 0 Å². The van der Waals surface area contributed by atoms with Gasteiger partial charge in [0.25, 0.3) is 0 Å². The molecule has 1 aromatic heterocycles. The first kappa shape index (κ1) is 25.9. The van der Waals surface area contributed by atoms with Gasteiger partial charge in [0.05, 0.1) is 6.26 Å². The molecule has 2 aromatic rings. The zero-order chi connectivity index (χ0) is 25.9. The number of carbonyl (C=O) groups is 2. The molecule has 0 aliphatic carbocycles. The van der Waals surface area contributed by atoms with Gasteiger partial charge in [-0.25, -0.2) is 13.2 Å². The van der Waals surface area contributed by atoms with Gasteiger partial charge in [-0.05, 0) is 24.1 Å². The first-order valence-electron chi connectivity index (χ1n) is 11.9. The second-order valence-corrected chi connectivity index (χ2v) is 11.0. The van der Waals surface area contributed by atoms with E-state index in [0.29, 0.717) is 52.4 Å². The topological polar surface area (TPSA) is 131 Å². The molecule has 196 valence electrons. The largest absolute Gasteiger partial charge is 0.387 e. The first-order valence-corrected chi connectivity index (χ1v) is 13.8. The Morgan fingerprint density at radius 2 is 1.67 bits per heavy atom. The lowest BCUT2D eigenvalue weighted by molar-refractivity contribution is -0.134. The van der Waals surface area contributed by atoms with Crippen molar-refractivity contribution in [2.75, 3.05) is 74.8 Å². The normalized spacial score (nSPS) is 17.4. The highest BCUT2D eigenvalue weighted by atomic mass is 32.2. The maximum atomic E-state index is 12.8. The smallest absolute Gasteiger partial charge is 0.344 e. The Bertz CT molecular complexity index is 1200. The molecule has 12 nitrogen and oxygen atoms in total. The number of aromatic nitrogens is 2. The van der Waals surface area contributed by atoms with Gasteiger partial charge in [0.15, 0.2) is 5.82 Å². The van der Waals surface area contributed by atoms with Gasteiger partial charge < -0.3 is 19.8 Å². The number of aliphatic hydroxyl groups excluding tert-OH is 1. The van der Waals surface area contributed by atoms with Crippen LogP contribution in [0.2, 0.25) is 0 Å². The molecule has 0 spiro atoms. The summed E-state index contributed by atoms with van der Waals surface area (Å²) >= 11 is 0. The molecule has 3 heterocycles. The summed E-state index contributed by atoms with van der Waals surface area (Å²) in [7, 11) is -3.46. The Balaban J connectivity index is 1.35. The number of nitrogens with one attached hydrogen (secondary N) is 1. The van der Waals surface area contributed by atoms with Gasteiger partial charge in [-0.15, -0.1) is 5.10 Å². The predicted octanol–water partition coefficient (Wildman–Crippen LogP) is -0.0102. The minimum atomic E-state index is -3.46. The third-order valence-corrected chi connectivity index (χ3v) is 7.04. The van der Waals surface area contributed by atoms with Crippen LogP contribution in [0, 0.1) is 6.92 Å². The molecule has 2 saturated heterocycles.